The Morgan fingerprint density at radius 3 is 2.59 bits per heavy atom. The molecule has 0 atom stereocenters. The van der Waals surface area contributed by atoms with Crippen LogP contribution in [0.5, 0.6) is 0 Å². The summed E-state index contributed by atoms with van der Waals surface area (Å²) in [4.78, 5) is 13.5. The molecule has 0 fully saturated rings. The molecule has 0 saturated carbocycles. The highest BCUT2D eigenvalue weighted by Gasteiger charge is 2.27. The molecule has 17 heavy (non-hydrogen) atoms. The summed E-state index contributed by atoms with van der Waals surface area (Å²) in [5.41, 5.74) is 2.96. The first-order chi connectivity index (χ1) is 7.80. The third-order valence-electron chi connectivity index (χ3n) is 3.13. The van der Waals surface area contributed by atoms with Crippen LogP contribution in [0.4, 0.5) is 10.5 Å². The monoisotopic (exact) mass is 251 g/mol. The summed E-state index contributed by atoms with van der Waals surface area (Å²) in [6.45, 7) is 6.86. The minimum atomic E-state index is -0.879. The zero-order chi connectivity index (χ0) is 12.8. The SMILES string of the molecule is CC(C)(C)c1cc2c(cc1S)CCN2C(=O)O. The molecule has 1 heterocycles. The van der Waals surface area contributed by atoms with Gasteiger partial charge in [-0.05, 0) is 35.1 Å². The number of amides is 1. The van der Waals surface area contributed by atoms with E-state index in [-0.39, 0.29) is 5.41 Å². The first kappa shape index (κ1) is 12.3. The number of hydrogen-bond donors (Lipinski definition) is 2. The van der Waals surface area contributed by atoms with Gasteiger partial charge in [-0.1, -0.05) is 20.8 Å². The zero-order valence-electron chi connectivity index (χ0n) is 10.3. The summed E-state index contributed by atoms with van der Waals surface area (Å²) in [5, 5.41) is 9.13. The molecule has 3 nitrogen and oxygen atoms in total. The molecule has 92 valence electrons. The Balaban J connectivity index is 2.55. The Hall–Kier alpha value is -1.16. The van der Waals surface area contributed by atoms with E-state index in [0.29, 0.717) is 6.54 Å². The van der Waals surface area contributed by atoms with Crippen molar-refractivity contribution in [1.82, 2.24) is 0 Å². The van der Waals surface area contributed by atoms with Crippen molar-refractivity contribution in [3.8, 4) is 0 Å². The van der Waals surface area contributed by atoms with E-state index in [0.717, 1.165) is 28.1 Å². The Kier molecular flexibility index (Phi) is 2.86. The van der Waals surface area contributed by atoms with Crippen LogP contribution >= 0.6 is 12.6 Å². The molecule has 0 bridgehead atoms. The van der Waals surface area contributed by atoms with E-state index >= 15 is 0 Å². The lowest BCUT2D eigenvalue weighted by atomic mass is 9.86. The maximum atomic E-state index is 11.1. The molecule has 0 unspecified atom stereocenters. The topological polar surface area (TPSA) is 40.5 Å². The number of benzene rings is 1. The van der Waals surface area contributed by atoms with Gasteiger partial charge in [0.15, 0.2) is 0 Å². The quantitative estimate of drug-likeness (QED) is 0.694. The molecule has 0 aromatic heterocycles. The fraction of sp³-hybridized carbons (Fsp3) is 0.462. The number of hydrogen-bond acceptors (Lipinski definition) is 2. The number of fused-ring (bicyclic) bond motifs is 1. The normalized spacial score (nSPS) is 14.9. The van der Waals surface area contributed by atoms with Crippen molar-refractivity contribution in [2.24, 2.45) is 0 Å². The Morgan fingerprint density at radius 1 is 1.41 bits per heavy atom. The molecule has 2 rings (SSSR count). The molecule has 0 aliphatic carbocycles. The van der Waals surface area contributed by atoms with E-state index < -0.39 is 6.09 Å². The summed E-state index contributed by atoms with van der Waals surface area (Å²) in [6.07, 6.45) is -0.102. The summed E-state index contributed by atoms with van der Waals surface area (Å²) in [7, 11) is 0. The molecule has 1 aliphatic heterocycles. The van der Waals surface area contributed by atoms with Crippen LogP contribution in [0.15, 0.2) is 17.0 Å². The number of nitrogens with zero attached hydrogens (tertiary/aromatic N) is 1. The molecule has 1 N–H and O–H groups in total. The smallest absolute Gasteiger partial charge is 0.411 e. The predicted molar refractivity (Wildman–Crippen MR) is 71.5 cm³/mol. The second kappa shape index (κ2) is 3.95. The second-order valence-corrected chi connectivity index (χ2v) is 5.91. The number of rotatable bonds is 0. The lowest BCUT2D eigenvalue weighted by molar-refractivity contribution is 0.202. The second-order valence-electron chi connectivity index (χ2n) is 5.43. The lowest BCUT2D eigenvalue weighted by Gasteiger charge is -2.23. The molecule has 1 aromatic carbocycles. The van der Waals surface area contributed by atoms with Crippen LogP contribution in [0, 0.1) is 0 Å². The van der Waals surface area contributed by atoms with Gasteiger partial charge in [-0.15, -0.1) is 12.6 Å². The highest BCUT2D eigenvalue weighted by Crippen LogP contribution is 2.37. The number of carboxylic acid groups (broad SMARTS) is 1. The van der Waals surface area contributed by atoms with Crippen LogP contribution in [-0.4, -0.2) is 17.7 Å². The molecule has 1 amide bonds. The maximum Gasteiger partial charge on any atom is 0.411 e. The minimum Gasteiger partial charge on any atom is -0.465 e. The van der Waals surface area contributed by atoms with E-state index in [1.807, 2.05) is 12.1 Å². The number of thiol groups is 1. The van der Waals surface area contributed by atoms with Gasteiger partial charge in [0.25, 0.3) is 0 Å². The zero-order valence-corrected chi connectivity index (χ0v) is 11.2. The van der Waals surface area contributed by atoms with Crippen molar-refractivity contribution in [2.75, 3.05) is 11.4 Å². The van der Waals surface area contributed by atoms with Gasteiger partial charge >= 0.3 is 6.09 Å². The molecular weight excluding hydrogens is 234 g/mol. The molecule has 0 spiro atoms. The van der Waals surface area contributed by atoms with Crippen LogP contribution < -0.4 is 4.90 Å². The molecule has 1 aliphatic rings. The highest BCUT2D eigenvalue weighted by molar-refractivity contribution is 7.80. The van der Waals surface area contributed by atoms with E-state index in [4.69, 9.17) is 5.11 Å². The molecule has 1 aromatic rings. The predicted octanol–water partition coefficient (Wildman–Crippen LogP) is 3.31. The van der Waals surface area contributed by atoms with Gasteiger partial charge in [0.05, 0.1) is 5.69 Å². The van der Waals surface area contributed by atoms with Crippen molar-refractivity contribution in [3.63, 3.8) is 0 Å². The average Bonchev–Trinajstić information content (AvgIpc) is 2.57. The van der Waals surface area contributed by atoms with E-state index in [1.54, 1.807) is 0 Å². The largest absolute Gasteiger partial charge is 0.465 e. The number of carbonyl (C=O) groups is 1. The van der Waals surface area contributed by atoms with Crippen LogP contribution in [-0.2, 0) is 11.8 Å². The lowest BCUT2D eigenvalue weighted by Crippen LogP contribution is -2.27. The van der Waals surface area contributed by atoms with Gasteiger partial charge in [0.2, 0.25) is 0 Å². The van der Waals surface area contributed by atoms with E-state index in [1.165, 1.54) is 4.90 Å². The van der Waals surface area contributed by atoms with Crippen molar-refractivity contribution in [3.05, 3.63) is 23.3 Å². The first-order valence-electron chi connectivity index (χ1n) is 5.67. The Morgan fingerprint density at radius 2 is 2.06 bits per heavy atom. The van der Waals surface area contributed by atoms with E-state index in [9.17, 15) is 4.79 Å². The Bertz CT molecular complexity index is 477. The van der Waals surface area contributed by atoms with Gasteiger partial charge < -0.3 is 5.11 Å². The van der Waals surface area contributed by atoms with Gasteiger partial charge in [0.1, 0.15) is 0 Å². The summed E-state index contributed by atoms with van der Waals surface area (Å²) >= 11 is 4.51. The van der Waals surface area contributed by atoms with Crippen LogP contribution in [0.25, 0.3) is 0 Å². The average molecular weight is 251 g/mol. The Labute approximate surface area is 107 Å². The highest BCUT2D eigenvalue weighted by atomic mass is 32.1. The summed E-state index contributed by atoms with van der Waals surface area (Å²) < 4.78 is 0. The third-order valence-corrected chi connectivity index (χ3v) is 3.50. The fourth-order valence-corrected chi connectivity index (χ4v) is 2.78. The molecule has 0 radical (unpaired) electrons. The molecule has 4 heteroatoms. The van der Waals surface area contributed by atoms with Crippen LogP contribution in [0.3, 0.4) is 0 Å². The van der Waals surface area contributed by atoms with Gasteiger partial charge in [-0.25, -0.2) is 4.79 Å². The van der Waals surface area contributed by atoms with Gasteiger partial charge in [-0.3, -0.25) is 4.90 Å². The first-order valence-corrected chi connectivity index (χ1v) is 6.12. The van der Waals surface area contributed by atoms with Crippen LogP contribution in [0.1, 0.15) is 31.9 Å². The van der Waals surface area contributed by atoms with Crippen molar-refractivity contribution < 1.29 is 9.90 Å². The number of anilines is 1. The van der Waals surface area contributed by atoms with Crippen molar-refractivity contribution in [1.29, 1.82) is 0 Å². The maximum absolute atomic E-state index is 11.1. The fourth-order valence-electron chi connectivity index (χ4n) is 2.22. The standard InChI is InChI=1S/C13H17NO2S/c1-13(2,3)9-7-10-8(6-11(9)17)4-5-14(10)12(15)16/h6-7,17H,4-5H2,1-3H3,(H,15,16). The third kappa shape index (κ3) is 2.14. The molecule has 0 saturated heterocycles. The van der Waals surface area contributed by atoms with Gasteiger partial charge in [-0.2, -0.15) is 0 Å². The van der Waals surface area contributed by atoms with Crippen molar-refractivity contribution in [2.45, 2.75) is 37.5 Å². The van der Waals surface area contributed by atoms with E-state index in [2.05, 4.69) is 33.4 Å². The van der Waals surface area contributed by atoms with Crippen LogP contribution in [0.2, 0.25) is 0 Å². The minimum absolute atomic E-state index is 0.0289. The molecular formula is C13H17NO2S. The summed E-state index contributed by atoms with van der Waals surface area (Å²) in [5.74, 6) is 0. The summed E-state index contributed by atoms with van der Waals surface area (Å²) in [6, 6.07) is 3.97. The van der Waals surface area contributed by atoms with Crippen molar-refractivity contribution >= 4 is 24.4 Å². The van der Waals surface area contributed by atoms with Gasteiger partial charge in [0, 0.05) is 11.4 Å².